The minimum absolute atomic E-state index is 0.171. The molecule has 1 aromatic heterocycles. The van der Waals surface area contributed by atoms with Crippen LogP contribution in [-0.2, 0) is 12.6 Å². The summed E-state index contributed by atoms with van der Waals surface area (Å²) in [5, 5.41) is 4.91. The lowest BCUT2D eigenvalue weighted by molar-refractivity contribution is 0.731. The van der Waals surface area contributed by atoms with Gasteiger partial charge in [-0.3, -0.25) is 4.68 Å². The quantitative estimate of drug-likeness (QED) is 0.718. The molecule has 0 unspecified atom stereocenters. The highest BCUT2D eigenvalue weighted by molar-refractivity contribution is 6.30. The lowest BCUT2D eigenvalue weighted by Gasteiger charge is -2.07. The van der Waals surface area contributed by atoms with Crippen molar-refractivity contribution in [1.82, 2.24) is 9.78 Å². The summed E-state index contributed by atoms with van der Waals surface area (Å²) in [7, 11) is 1.84. The number of aromatic nitrogens is 2. The van der Waals surface area contributed by atoms with E-state index in [1.807, 2.05) is 14.0 Å². The average Bonchev–Trinajstić information content (AvgIpc) is 2.62. The van der Waals surface area contributed by atoms with Gasteiger partial charge in [0.15, 0.2) is 0 Å². The van der Waals surface area contributed by atoms with Gasteiger partial charge in [0.2, 0.25) is 0 Å². The van der Waals surface area contributed by atoms with Crippen LogP contribution in [0.25, 0.3) is 0 Å². The molecule has 12 heavy (non-hydrogen) atoms. The van der Waals surface area contributed by atoms with E-state index >= 15 is 0 Å². The smallest absolute Gasteiger partial charge is 0.132 e. The Balaban J connectivity index is 2.55. The molecule has 2 rings (SSSR count). The standard InChI is InChI=1S/C8H12ClN3/c1-5-6(8(10)3-4-8)7(9)12(2)11-5/h3-4,10H2,1-2H3. The van der Waals surface area contributed by atoms with Crippen molar-refractivity contribution in [3.05, 3.63) is 16.4 Å². The summed E-state index contributed by atoms with van der Waals surface area (Å²) >= 11 is 6.06. The van der Waals surface area contributed by atoms with Gasteiger partial charge in [-0.25, -0.2) is 0 Å². The third kappa shape index (κ3) is 0.967. The van der Waals surface area contributed by atoms with E-state index in [0.717, 1.165) is 24.1 Å². The normalized spacial score (nSPS) is 19.7. The third-order valence-corrected chi connectivity index (χ3v) is 2.87. The van der Waals surface area contributed by atoms with Gasteiger partial charge >= 0.3 is 0 Å². The lowest BCUT2D eigenvalue weighted by Crippen LogP contribution is -2.19. The van der Waals surface area contributed by atoms with Crippen molar-refractivity contribution in [2.45, 2.75) is 25.3 Å². The Labute approximate surface area is 76.5 Å². The second-order valence-electron chi connectivity index (χ2n) is 3.53. The minimum Gasteiger partial charge on any atom is -0.321 e. The molecule has 1 aromatic rings. The summed E-state index contributed by atoms with van der Waals surface area (Å²) in [5.41, 5.74) is 7.87. The Hall–Kier alpha value is -0.540. The monoisotopic (exact) mass is 185 g/mol. The van der Waals surface area contributed by atoms with Crippen molar-refractivity contribution in [2.24, 2.45) is 12.8 Å². The van der Waals surface area contributed by atoms with E-state index in [9.17, 15) is 0 Å². The van der Waals surface area contributed by atoms with Crippen molar-refractivity contribution in [3.8, 4) is 0 Å². The SMILES string of the molecule is Cc1nn(C)c(Cl)c1C1(N)CC1. The van der Waals surface area contributed by atoms with Crippen LogP contribution < -0.4 is 5.73 Å². The molecule has 0 spiro atoms. The molecule has 1 fully saturated rings. The number of rotatable bonds is 1. The van der Waals surface area contributed by atoms with Crippen LogP contribution in [0.15, 0.2) is 0 Å². The summed E-state index contributed by atoms with van der Waals surface area (Å²) in [6.45, 7) is 1.95. The predicted molar refractivity (Wildman–Crippen MR) is 48.1 cm³/mol. The zero-order valence-corrected chi connectivity index (χ0v) is 8.02. The highest BCUT2D eigenvalue weighted by atomic mass is 35.5. The fourth-order valence-corrected chi connectivity index (χ4v) is 1.94. The molecule has 1 aliphatic rings. The zero-order valence-electron chi connectivity index (χ0n) is 7.26. The number of aryl methyl sites for hydroxylation is 2. The van der Waals surface area contributed by atoms with Gasteiger partial charge in [0.1, 0.15) is 5.15 Å². The van der Waals surface area contributed by atoms with E-state index < -0.39 is 0 Å². The van der Waals surface area contributed by atoms with Gasteiger partial charge in [-0.2, -0.15) is 5.10 Å². The van der Waals surface area contributed by atoms with Crippen molar-refractivity contribution >= 4 is 11.6 Å². The van der Waals surface area contributed by atoms with Gasteiger partial charge in [0.05, 0.1) is 5.69 Å². The molecule has 0 saturated heterocycles. The fraction of sp³-hybridized carbons (Fsp3) is 0.625. The Morgan fingerprint density at radius 1 is 1.58 bits per heavy atom. The zero-order chi connectivity index (χ0) is 8.93. The molecule has 0 radical (unpaired) electrons. The maximum absolute atomic E-state index is 6.06. The van der Waals surface area contributed by atoms with Crippen molar-refractivity contribution < 1.29 is 0 Å². The Bertz CT molecular complexity index is 325. The van der Waals surface area contributed by atoms with Gasteiger partial charge < -0.3 is 5.73 Å². The highest BCUT2D eigenvalue weighted by Crippen LogP contribution is 2.46. The molecule has 3 nitrogen and oxygen atoms in total. The Morgan fingerprint density at radius 3 is 2.50 bits per heavy atom. The molecule has 0 bridgehead atoms. The third-order valence-electron chi connectivity index (χ3n) is 2.44. The summed E-state index contributed by atoms with van der Waals surface area (Å²) in [6, 6.07) is 0. The van der Waals surface area contributed by atoms with Crippen molar-refractivity contribution in [1.29, 1.82) is 0 Å². The minimum atomic E-state index is -0.171. The van der Waals surface area contributed by atoms with Crippen LogP contribution in [0.3, 0.4) is 0 Å². The first-order chi connectivity index (χ1) is 5.54. The lowest BCUT2D eigenvalue weighted by atomic mass is 10.1. The molecule has 0 aliphatic heterocycles. The first-order valence-corrected chi connectivity index (χ1v) is 4.41. The average molecular weight is 186 g/mol. The van der Waals surface area contributed by atoms with Crippen LogP contribution in [0.2, 0.25) is 5.15 Å². The van der Waals surface area contributed by atoms with E-state index in [-0.39, 0.29) is 5.54 Å². The van der Waals surface area contributed by atoms with Crippen molar-refractivity contribution in [3.63, 3.8) is 0 Å². The Morgan fingerprint density at radius 2 is 2.17 bits per heavy atom. The maximum atomic E-state index is 6.06. The first kappa shape index (κ1) is 8.08. The number of hydrogen-bond donors (Lipinski definition) is 1. The van der Waals surface area contributed by atoms with Crippen LogP contribution in [-0.4, -0.2) is 9.78 Å². The van der Waals surface area contributed by atoms with E-state index in [4.69, 9.17) is 17.3 Å². The maximum Gasteiger partial charge on any atom is 0.132 e. The van der Waals surface area contributed by atoms with Crippen LogP contribution >= 0.6 is 11.6 Å². The largest absolute Gasteiger partial charge is 0.321 e. The van der Waals surface area contributed by atoms with Gasteiger partial charge in [0.25, 0.3) is 0 Å². The second kappa shape index (κ2) is 2.24. The molecule has 1 heterocycles. The number of nitrogens with zero attached hydrogens (tertiary/aromatic N) is 2. The first-order valence-electron chi connectivity index (χ1n) is 4.03. The van der Waals surface area contributed by atoms with E-state index in [0.29, 0.717) is 5.15 Å². The predicted octanol–water partition coefficient (Wildman–Crippen LogP) is 1.33. The van der Waals surface area contributed by atoms with E-state index in [1.54, 1.807) is 4.68 Å². The molecular formula is C8H12ClN3. The van der Waals surface area contributed by atoms with Crippen LogP contribution in [0.4, 0.5) is 0 Å². The van der Waals surface area contributed by atoms with Gasteiger partial charge in [-0.05, 0) is 19.8 Å². The van der Waals surface area contributed by atoms with E-state index in [1.165, 1.54) is 0 Å². The molecule has 1 aliphatic carbocycles. The molecule has 2 N–H and O–H groups in total. The van der Waals surface area contributed by atoms with Gasteiger partial charge in [-0.15, -0.1) is 0 Å². The van der Waals surface area contributed by atoms with Crippen LogP contribution in [0.5, 0.6) is 0 Å². The molecular weight excluding hydrogens is 174 g/mol. The highest BCUT2D eigenvalue weighted by Gasteiger charge is 2.44. The molecule has 0 amide bonds. The van der Waals surface area contributed by atoms with E-state index in [2.05, 4.69) is 5.10 Å². The van der Waals surface area contributed by atoms with Crippen molar-refractivity contribution in [2.75, 3.05) is 0 Å². The molecule has 0 aromatic carbocycles. The van der Waals surface area contributed by atoms with Crippen LogP contribution in [0, 0.1) is 6.92 Å². The molecule has 66 valence electrons. The molecule has 4 heteroatoms. The number of nitrogens with two attached hydrogens (primary N) is 1. The summed E-state index contributed by atoms with van der Waals surface area (Å²) in [4.78, 5) is 0. The van der Waals surface area contributed by atoms with Gasteiger partial charge in [0, 0.05) is 18.2 Å². The molecule has 0 atom stereocenters. The van der Waals surface area contributed by atoms with Crippen LogP contribution in [0.1, 0.15) is 24.1 Å². The van der Waals surface area contributed by atoms with Gasteiger partial charge in [-0.1, -0.05) is 11.6 Å². The number of halogens is 1. The summed E-state index contributed by atoms with van der Waals surface area (Å²) in [5.74, 6) is 0. The fourth-order valence-electron chi connectivity index (χ4n) is 1.58. The summed E-state index contributed by atoms with van der Waals surface area (Å²) < 4.78 is 1.68. The summed E-state index contributed by atoms with van der Waals surface area (Å²) in [6.07, 6.45) is 2.05. The topological polar surface area (TPSA) is 43.8 Å². The number of hydrogen-bond acceptors (Lipinski definition) is 2. The second-order valence-corrected chi connectivity index (χ2v) is 3.89. The molecule has 1 saturated carbocycles. The Kier molecular flexibility index (Phi) is 1.50.